The van der Waals surface area contributed by atoms with E-state index in [0.717, 1.165) is 24.2 Å². The van der Waals surface area contributed by atoms with Gasteiger partial charge in [0.1, 0.15) is 5.75 Å². The van der Waals surface area contributed by atoms with Crippen molar-refractivity contribution in [1.29, 1.82) is 0 Å². The van der Waals surface area contributed by atoms with E-state index < -0.39 is 5.97 Å². The Morgan fingerprint density at radius 1 is 1.25 bits per heavy atom. The number of hydrogen-bond donors (Lipinski definition) is 1. The molecule has 1 aliphatic carbocycles. The van der Waals surface area contributed by atoms with Crippen LogP contribution in [-0.4, -0.2) is 66.0 Å². The van der Waals surface area contributed by atoms with Gasteiger partial charge in [-0.3, -0.25) is 14.4 Å². The first-order chi connectivity index (χ1) is 13.4. The largest absolute Gasteiger partial charge is 0.493 e. The summed E-state index contributed by atoms with van der Waals surface area (Å²) in [7, 11) is 1.68. The van der Waals surface area contributed by atoms with Gasteiger partial charge in [-0.25, -0.2) is 0 Å². The third kappa shape index (κ3) is 3.23. The first kappa shape index (κ1) is 18.8. The smallest absolute Gasteiger partial charge is 0.306 e. The maximum Gasteiger partial charge on any atom is 0.306 e. The molecule has 0 unspecified atom stereocenters. The summed E-state index contributed by atoms with van der Waals surface area (Å²) in [6.07, 6.45) is 2.57. The van der Waals surface area contributed by atoms with E-state index in [9.17, 15) is 14.4 Å². The summed E-state index contributed by atoms with van der Waals surface area (Å²) in [6, 6.07) is 7.90. The number of likely N-dealkylation sites (tertiary alicyclic amines) is 1. The van der Waals surface area contributed by atoms with Gasteiger partial charge in [0.2, 0.25) is 11.8 Å². The van der Waals surface area contributed by atoms with Gasteiger partial charge in [0.15, 0.2) is 0 Å². The molecule has 0 bridgehead atoms. The Labute approximate surface area is 164 Å². The number of benzene rings is 1. The van der Waals surface area contributed by atoms with Crippen LogP contribution in [0.15, 0.2) is 24.3 Å². The molecule has 2 atom stereocenters. The normalized spacial score (nSPS) is 26.3. The molecule has 28 heavy (non-hydrogen) atoms. The van der Waals surface area contributed by atoms with Crippen molar-refractivity contribution in [2.75, 3.05) is 33.3 Å². The molecule has 4 rings (SSSR count). The van der Waals surface area contributed by atoms with Gasteiger partial charge in [0.25, 0.3) is 0 Å². The lowest BCUT2D eigenvalue weighted by atomic mass is 9.87. The molecule has 2 amide bonds. The number of piperidine rings is 1. The minimum Gasteiger partial charge on any atom is -0.493 e. The molecule has 1 N–H and O–H groups in total. The number of carbonyl (C=O) groups excluding carboxylic acids is 2. The summed E-state index contributed by atoms with van der Waals surface area (Å²) in [5.74, 6) is -0.511. The van der Waals surface area contributed by atoms with Gasteiger partial charge in [0, 0.05) is 37.0 Å². The number of aliphatic carboxylic acids is 1. The number of rotatable bonds is 4. The summed E-state index contributed by atoms with van der Waals surface area (Å²) < 4.78 is 5.73. The number of hydrogen-bond acceptors (Lipinski definition) is 4. The van der Waals surface area contributed by atoms with Crippen LogP contribution in [0.3, 0.4) is 0 Å². The molecule has 7 heteroatoms. The molecular weight excluding hydrogens is 360 g/mol. The van der Waals surface area contributed by atoms with Gasteiger partial charge >= 0.3 is 5.97 Å². The number of carboxylic acid groups (broad SMARTS) is 1. The average molecular weight is 386 g/mol. The molecular formula is C21H26N2O5. The minimum absolute atomic E-state index is 0.00507. The van der Waals surface area contributed by atoms with E-state index in [1.54, 1.807) is 11.9 Å². The predicted octanol–water partition coefficient (Wildman–Crippen LogP) is 1.51. The van der Waals surface area contributed by atoms with E-state index in [4.69, 9.17) is 9.84 Å². The van der Waals surface area contributed by atoms with E-state index in [2.05, 4.69) is 0 Å². The first-order valence-corrected chi connectivity index (χ1v) is 9.90. The molecule has 150 valence electrons. The highest BCUT2D eigenvalue weighted by atomic mass is 16.5. The van der Waals surface area contributed by atoms with Gasteiger partial charge in [-0.15, -0.1) is 0 Å². The van der Waals surface area contributed by atoms with Crippen molar-refractivity contribution < 1.29 is 24.2 Å². The van der Waals surface area contributed by atoms with Crippen LogP contribution in [0.1, 0.15) is 31.2 Å². The monoisotopic (exact) mass is 386 g/mol. The Bertz CT molecular complexity index is 802. The zero-order chi connectivity index (χ0) is 19.9. The van der Waals surface area contributed by atoms with E-state index in [0.29, 0.717) is 32.5 Å². The lowest BCUT2D eigenvalue weighted by Gasteiger charge is -2.32. The second-order valence-electron chi connectivity index (χ2n) is 8.20. The topological polar surface area (TPSA) is 87.2 Å². The standard InChI is InChI=1S/C21H26N2O5/c1-22(13-18(24)23-9-6-14(7-10-23)20(26)27)19(25)16-12-21(16)8-11-28-17-5-3-2-4-15(17)21/h2-5,14,16H,6-13H2,1H3,(H,26,27)/t16-,21-/m0/s1. The van der Waals surface area contributed by atoms with Crippen LogP contribution in [0.5, 0.6) is 5.75 Å². The summed E-state index contributed by atoms with van der Waals surface area (Å²) in [6.45, 7) is 1.54. The quantitative estimate of drug-likeness (QED) is 0.848. The lowest BCUT2D eigenvalue weighted by molar-refractivity contribution is -0.146. The molecule has 2 heterocycles. The second kappa shape index (κ2) is 7.11. The molecule has 2 fully saturated rings. The number of carboxylic acids is 1. The maximum absolute atomic E-state index is 13.0. The van der Waals surface area contributed by atoms with Gasteiger partial charge in [-0.2, -0.15) is 0 Å². The molecule has 0 radical (unpaired) electrons. The molecule has 1 spiro atoms. The van der Waals surface area contributed by atoms with Gasteiger partial charge in [-0.05, 0) is 31.7 Å². The molecule has 2 aliphatic heterocycles. The highest BCUT2D eigenvalue weighted by molar-refractivity contribution is 5.89. The Hall–Kier alpha value is -2.57. The summed E-state index contributed by atoms with van der Waals surface area (Å²) in [4.78, 5) is 39.8. The fourth-order valence-corrected chi connectivity index (χ4v) is 4.71. The number of carbonyl (C=O) groups is 3. The summed E-state index contributed by atoms with van der Waals surface area (Å²) in [5.41, 5.74) is 0.957. The Morgan fingerprint density at radius 2 is 1.96 bits per heavy atom. The van der Waals surface area contributed by atoms with Crippen LogP contribution >= 0.6 is 0 Å². The Balaban J connectivity index is 1.35. The first-order valence-electron chi connectivity index (χ1n) is 9.90. The molecule has 7 nitrogen and oxygen atoms in total. The van der Waals surface area contributed by atoms with Crippen LogP contribution < -0.4 is 4.74 Å². The molecule has 3 aliphatic rings. The SMILES string of the molecule is CN(CC(=O)N1CCC(C(=O)O)CC1)C(=O)[C@@H]1C[C@]12CCOc1ccccc12. The highest BCUT2D eigenvalue weighted by Gasteiger charge is 2.61. The van der Waals surface area contributed by atoms with Crippen molar-refractivity contribution in [3.8, 4) is 5.75 Å². The zero-order valence-corrected chi connectivity index (χ0v) is 16.1. The van der Waals surface area contributed by atoms with Crippen LogP contribution in [0.25, 0.3) is 0 Å². The number of nitrogens with zero attached hydrogens (tertiary/aromatic N) is 2. The average Bonchev–Trinajstić information content (AvgIpc) is 3.42. The van der Waals surface area contributed by atoms with E-state index in [1.807, 2.05) is 24.3 Å². The maximum atomic E-state index is 13.0. The molecule has 0 aromatic heterocycles. The van der Waals surface area contributed by atoms with Crippen molar-refractivity contribution in [2.24, 2.45) is 11.8 Å². The van der Waals surface area contributed by atoms with Gasteiger partial charge in [-0.1, -0.05) is 18.2 Å². The number of amides is 2. The highest BCUT2D eigenvalue weighted by Crippen LogP contribution is 2.61. The molecule has 1 aromatic rings. The zero-order valence-electron chi connectivity index (χ0n) is 16.1. The summed E-state index contributed by atoms with van der Waals surface area (Å²) in [5, 5.41) is 9.07. The molecule has 1 saturated carbocycles. The van der Waals surface area contributed by atoms with E-state index >= 15 is 0 Å². The fourth-order valence-electron chi connectivity index (χ4n) is 4.71. The number of likely N-dealkylation sites (N-methyl/N-ethyl adjacent to an activating group) is 1. The Morgan fingerprint density at radius 3 is 2.68 bits per heavy atom. The van der Waals surface area contributed by atoms with Crippen molar-refractivity contribution >= 4 is 17.8 Å². The van der Waals surface area contributed by atoms with Gasteiger partial charge < -0.3 is 19.6 Å². The minimum atomic E-state index is -0.796. The molecule has 1 aromatic carbocycles. The number of ether oxygens (including phenoxy) is 1. The lowest BCUT2D eigenvalue weighted by Crippen LogP contribution is -2.46. The summed E-state index contributed by atoms with van der Waals surface area (Å²) >= 11 is 0. The van der Waals surface area contributed by atoms with Gasteiger partial charge in [0.05, 0.1) is 19.1 Å². The number of para-hydroxylation sites is 1. The van der Waals surface area contributed by atoms with Crippen LogP contribution in [0.4, 0.5) is 0 Å². The predicted molar refractivity (Wildman–Crippen MR) is 101 cm³/mol. The fraction of sp³-hybridized carbons (Fsp3) is 0.571. The van der Waals surface area contributed by atoms with Crippen molar-refractivity contribution in [3.63, 3.8) is 0 Å². The van der Waals surface area contributed by atoms with Crippen molar-refractivity contribution in [1.82, 2.24) is 9.80 Å². The van der Waals surface area contributed by atoms with Crippen LogP contribution in [-0.2, 0) is 19.8 Å². The molecule has 1 saturated heterocycles. The van der Waals surface area contributed by atoms with Crippen molar-refractivity contribution in [3.05, 3.63) is 29.8 Å². The van der Waals surface area contributed by atoms with Crippen molar-refractivity contribution in [2.45, 2.75) is 31.1 Å². The van der Waals surface area contributed by atoms with E-state index in [-0.39, 0.29) is 35.6 Å². The number of fused-ring (bicyclic) bond motifs is 2. The second-order valence-corrected chi connectivity index (χ2v) is 8.20. The van der Waals surface area contributed by atoms with E-state index in [1.165, 1.54) is 4.90 Å². The Kier molecular flexibility index (Phi) is 4.77. The third-order valence-corrected chi connectivity index (χ3v) is 6.55. The third-order valence-electron chi connectivity index (χ3n) is 6.55. The van der Waals surface area contributed by atoms with Crippen LogP contribution in [0, 0.1) is 11.8 Å². The van der Waals surface area contributed by atoms with Crippen LogP contribution in [0.2, 0.25) is 0 Å².